The van der Waals surface area contributed by atoms with Crippen LogP contribution in [0.1, 0.15) is 58.8 Å². The van der Waals surface area contributed by atoms with E-state index in [9.17, 15) is 9.90 Å². The summed E-state index contributed by atoms with van der Waals surface area (Å²) in [5, 5.41) is 10.1. The summed E-state index contributed by atoms with van der Waals surface area (Å²) >= 11 is 0. The molecule has 0 aromatic rings. The van der Waals surface area contributed by atoms with E-state index in [0.717, 1.165) is 45.1 Å². The molecule has 7 atom stereocenters. The van der Waals surface area contributed by atoms with Crippen LogP contribution in [0.15, 0.2) is 11.6 Å². The van der Waals surface area contributed by atoms with Gasteiger partial charge in [0.2, 0.25) is 0 Å². The summed E-state index contributed by atoms with van der Waals surface area (Å²) in [7, 11) is 4.18. The maximum Gasteiger partial charge on any atom is 0.143 e. The van der Waals surface area contributed by atoms with Crippen LogP contribution >= 0.6 is 0 Å². The van der Waals surface area contributed by atoms with Crippen molar-refractivity contribution >= 4 is 5.78 Å². The summed E-state index contributed by atoms with van der Waals surface area (Å²) in [5.41, 5.74) is 1.70. The van der Waals surface area contributed by atoms with E-state index in [1.807, 2.05) is 0 Å². The quantitative estimate of drug-likeness (QED) is 0.776. The molecule has 0 aromatic carbocycles. The van der Waals surface area contributed by atoms with Gasteiger partial charge in [0.15, 0.2) is 0 Å². The number of rotatable bonds is 2. The molecular weight excluding hydrogens is 310 g/mol. The van der Waals surface area contributed by atoms with Crippen molar-refractivity contribution in [1.29, 1.82) is 0 Å². The Bertz CT molecular complexity index is 597. The average molecular weight is 346 g/mol. The summed E-state index contributed by atoms with van der Waals surface area (Å²) < 4.78 is 0. The molecule has 0 amide bonds. The molecule has 4 aliphatic rings. The standard InChI is InChI=1S/C22H35NO2/c1-21-9-7-16(24)12-15(21)5-6-17-18(21)8-10-22(2)19(17)11-14(20(22)25)13-23(3)4/h5,14,16-19,24H,6-13H2,1-4H3/t14-,16-,17+,18-,19+,21-,22-/m0/s1. The van der Waals surface area contributed by atoms with E-state index in [4.69, 9.17) is 0 Å². The van der Waals surface area contributed by atoms with Crippen LogP contribution in [0.4, 0.5) is 0 Å². The summed E-state index contributed by atoms with van der Waals surface area (Å²) in [4.78, 5) is 15.4. The number of Topliss-reactive ketones (excluding diaryl/α,β-unsaturated/α-hetero) is 1. The number of ketones is 1. The van der Waals surface area contributed by atoms with E-state index >= 15 is 0 Å². The molecule has 0 heterocycles. The second-order valence-electron chi connectivity index (χ2n) is 10.2. The van der Waals surface area contributed by atoms with Gasteiger partial charge in [-0.1, -0.05) is 25.5 Å². The molecule has 3 nitrogen and oxygen atoms in total. The van der Waals surface area contributed by atoms with Gasteiger partial charge < -0.3 is 10.0 Å². The summed E-state index contributed by atoms with van der Waals surface area (Å²) in [6.07, 6.45) is 9.77. The molecule has 0 bridgehead atoms. The SMILES string of the molecule is CN(C)C[C@@H]1C[C@@H]2[C@@H]3CC=C4C[C@@H](O)CC[C@]4(C)[C@H]3CC[C@]2(C)C1=O. The van der Waals surface area contributed by atoms with Crippen molar-refractivity contribution in [1.82, 2.24) is 4.90 Å². The number of hydrogen-bond donors (Lipinski definition) is 1. The third kappa shape index (κ3) is 2.56. The second kappa shape index (κ2) is 5.92. The highest BCUT2D eigenvalue weighted by molar-refractivity contribution is 5.89. The molecule has 0 unspecified atom stereocenters. The van der Waals surface area contributed by atoms with Gasteiger partial charge in [0, 0.05) is 17.9 Å². The fourth-order valence-electron chi connectivity index (χ4n) is 7.18. The van der Waals surface area contributed by atoms with Crippen LogP contribution in [0, 0.1) is 34.5 Å². The Morgan fingerprint density at radius 2 is 1.88 bits per heavy atom. The van der Waals surface area contributed by atoms with Crippen molar-refractivity contribution in [2.24, 2.45) is 34.5 Å². The molecule has 0 spiro atoms. The zero-order valence-electron chi connectivity index (χ0n) is 16.4. The molecule has 1 N–H and O–H groups in total. The van der Waals surface area contributed by atoms with Crippen molar-refractivity contribution in [3.63, 3.8) is 0 Å². The highest BCUT2D eigenvalue weighted by Crippen LogP contribution is 2.64. The number of aliphatic hydroxyl groups excluding tert-OH is 1. The predicted octanol–water partition coefficient (Wildman–Crippen LogP) is 3.67. The number of carbonyl (C=O) groups is 1. The Balaban J connectivity index is 1.63. The third-order valence-corrected chi connectivity index (χ3v) is 8.53. The molecule has 0 saturated heterocycles. The minimum absolute atomic E-state index is 0.0856. The Morgan fingerprint density at radius 3 is 2.60 bits per heavy atom. The first kappa shape index (κ1) is 17.7. The first-order chi connectivity index (χ1) is 11.8. The number of fused-ring (bicyclic) bond motifs is 5. The van der Waals surface area contributed by atoms with Gasteiger partial charge >= 0.3 is 0 Å². The van der Waals surface area contributed by atoms with Crippen LogP contribution in [0.25, 0.3) is 0 Å². The number of carbonyl (C=O) groups excluding carboxylic acids is 1. The highest BCUT2D eigenvalue weighted by Gasteiger charge is 2.60. The monoisotopic (exact) mass is 345 g/mol. The van der Waals surface area contributed by atoms with Gasteiger partial charge in [0.1, 0.15) is 5.78 Å². The molecule has 140 valence electrons. The Labute approximate surface area is 152 Å². The van der Waals surface area contributed by atoms with Gasteiger partial charge in [-0.05, 0) is 82.2 Å². The molecule has 3 saturated carbocycles. The molecule has 3 fully saturated rings. The van der Waals surface area contributed by atoms with E-state index in [2.05, 4.69) is 38.9 Å². The smallest absolute Gasteiger partial charge is 0.143 e. The molecule has 25 heavy (non-hydrogen) atoms. The molecule has 4 rings (SSSR count). The van der Waals surface area contributed by atoms with Gasteiger partial charge in [-0.3, -0.25) is 4.79 Å². The second-order valence-corrected chi connectivity index (χ2v) is 10.2. The zero-order chi connectivity index (χ0) is 18.0. The van der Waals surface area contributed by atoms with E-state index < -0.39 is 0 Å². The topological polar surface area (TPSA) is 40.5 Å². The van der Waals surface area contributed by atoms with Crippen LogP contribution in [0.3, 0.4) is 0 Å². The van der Waals surface area contributed by atoms with Crippen LogP contribution in [-0.4, -0.2) is 42.5 Å². The summed E-state index contributed by atoms with van der Waals surface area (Å²) in [6, 6.07) is 0. The zero-order valence-corrected chi connectivity index (χ0v) is 16.4. The van der Waals surface area contributed by atoms with Crippen LogP contribution < -0.4 is 0 Å². The lowest BCUT2D eigenvalue weighted by molar-refractivity contribution is -0.134. The van der Waals surface area contributed by atoms with Crippen LogP contribution in [0.5, 0.6) is 0 Å². The maximum atomic E-state index is 13.2. The van der Waals surface area contributed by atoms with Crippen molar-refractivity contribution in [3.05, 3.63) is 11.6 Å². The van der Waals surface area contributed by atoms with E-state index in [1.165, 1.54) is 12.0 Å². The van der Waals surface area contributed by atoms with Crippen molar-refractivity contribution < 1.29 is 9.90 Å². The van der Waals surface area contributed by atoms with Gasteiger partial charge in [-0.25, -0.2) is 0 Å². The van der Waals surface area contributed by atoms with E-state index in [-0.39, 0.29) is 22.9 Å². The number of nitrogens with zero attached hydrogens (tertiary/aromatic N) is 1. The summed E-state index contributed by atoms with van der Waals surface area (Å²) in [5.74, 6) is 2.71. The van der Waals surface area contributed by atoms with Gasteiger partial charge in [-0.15, -0.1) is 0 Å². The predicted molar refractivity (Wildman–Crippen MR) is 100 cm³/mol. The molecule has 4 aliphatic carbocycles. The largest absolute Gasteiger partial charge is 0.393 e. The lowest BCUT2D eigenvalue weighted by Crippen LogP contribution is -2.50. The van der Waals surface area contributed by atoms with Crippen molar-refractivity contribution in [3.8, 4) is 0 Å². The molecule has 0 aliphatic heterocycles. The highest BCUT2D eigenvalue weighted by atomic mass is 16.3. The lowest BCUT2D eigenvalue weighted by Gasteiger charge is -2.56. The minimum atomic E-state index is -0.137. The number of hydrogen-bond acceptors (Lipinski definition) is 3. The first-order valence-electron chi connectivity index (χ1n) is 10.3. The molecular formula is C22H35NO2. The Hall–Kier alpha value is -0.670. The van der Waals surface area contributed by atoms with Crippen LogP contribution in [0.2, 0.25) is 0 Å². The Kier molecular flexibility index (Phi) is 4.20. The molecule has 0 radical (unpaired) electrons. The normalized spacial score (nSPS) is 49.4. The molecule has 3 heteroatoms. The van der Waals surface area contributed by atoms with E-state index in [1.54, 1.807) is 0 Å². The maximum absolute atomic E-state index is 13.2. The van der Waals surface area contributed by atoms with Crippen molar-refractivity contribution in [2.75, 3.05) is 20.6 Å². The van der Waals surface area contributed by atoms with Gasteiger partial charge in [-0.2, -0.15) is 0 Å². The fraction of sp³-hybridized carbons (Fsp3) is 0.864. The van der Waals surface area contributed by atoms with Crippen molar-refractivity contribution in [2.45, 2.75) is 64.9 Å². The first-order valence-corrected chi connectivity index (χ1v) is 10.3. The number of aliphatic hydroxyl groups is 1. The molecule has 0 aromatic heterocycles. The van der Waals surface area contributed by atoms with Gasteiger partial charge in [0.25, 0.3) is 0 Å². The van der Waals surface area contributed by atoms with Crippen LogP contribution in [-0.2, 0) is 4.79 Å². The van der Waals surface area contributed by atoms with E-state index in [0.29, 0.717) is 23.5 Å². The number of allylic oxidation sites excluding steroid dienone is 1. The fourth-order valence-corrected chi connectivity index (χ4v) is 7.18. The summed E-state index contributed by atoms with van der Waals surface area (Å²) in [6.45, 7) is 5.64. The average Bonchev–Trinajstić information content (AvgIpc) is 2.79. The third-order valence-electron chi connectivity index (χ3n) is 8.53. The minimum Gasteiger partial charge on any atom is -0.393 e. The lowest BCUT2D eigenvalue weighted by atomic mass is 9.48. The Morgan fingerprint density at radius 1 is 1.16 bits per heavy atom. The van der Waals surface area contributed by atoms with Gasteiger partial charge in [0.05, 0.1) is 6.10 Å².